The number of amides is 2. The van der Waals surface area contributed by atoms with Crippen molar-refractivity contribution in [2.24, 2.45) is 5.10 Å². The molecule has 0 spiro atoms. The Hall–Kier alpha value is -3.87. The second kappa shape index (κ2) is 8.87. The highest BCUT2D eigenvalue weighted by molar-refractivity contribution is 6.07. The Kier molecular flexibility index (Phi) is 5.84. The van der Waals surface area contributed by atoms with Gasteiger partial charge in [0.25, 0.3) is 11.8 Å². The molecule has 158 valence electrons. The summed E-state index contributed by atoms with van der Waals surface area (Å²) in [6.45, 7) is 2.25. The molecule has 2 aromatic carbocycles. The quantitative estimate of drug-likeness (QED) is 0.551. The first-order valence-electron chi connectivity index (χ1n) is 10.1. The predicted molar refractivity (Wildman–Crippen MR) is 116 cm³/mol. The van der Waals surface area contributed by atoms with Crippen LogP contribution in [0.4, 0.5) is 0 Å². The molecule has 3 N–H and O–H groups in total. The third kappa shape index (κ3) is 4.50. The van der Waals surface area contributed by atoms with Gasteiger partial charge in [0.05, 0.1) is 5.71 Å². The van der Waals surface area contributed by atoms with E-state index in [1.54, 1.807) is 0 Å². The number of hydrogen-bond donors (Lipinski definition) is 3. The molecule has 1 aromatic heterocycles. The number of carbonyl (C=O) groups excluding carboxylic acids is 2. The second-order valence-electron chi connectivity index (χ2n) is 7.42. The first kappa shape index (κ1) is 20.4. The highest BCUT2D eigenvalue weighted by Crippen LogP contribution is 2.30. The number of nitrogens with one attached hydrogen (secondary N) is 2. The largest absolute Gasteiger partial charge is 0.508 e. The lowest BCUT2D eigenvalue weighted by atomic mass is 9.93. The molecule has 0 saturated carbocycles. The van der Waals surface area contributed by atoms with Gasteiger partial charge in [0, 0.05) is 29.7 Å². The minimum Gasteiger partial charge on any atom is -0.508 e. The first-order chi connectivity index (χ1) is 15.0. The van der Waals surface area contributed by atoms with Crippen molar-refractivity contribution in [1.82, 2.24) is 10.7 Å². The van der Waals surface area contributed by atoms with Crippen LogP contribution in [0.25, 0.3) is 0 Å². The second-order valence-corrected chi connectivity index (χ2v) is 7.42. The van der Waals surface area contributed by atoms with E-state index in [-0.39, 0.29) is 23.3 Å². The van der Waals surface area contributed by atoms with Crippen LogP contribution in [0.5, 0.6) is 5.75 Å². The molecule has 7 heteroatoms. The maximum Gasteiger partial charge on any atom is 0.287 e. The maximum absolute atomic E-state index is 12.7. The van der Waals surface area contributed by atoms with Crippen molar-refractivity contribution >= 4 is 17.5 Å². The molecule has 0 fully saturated rings. The fourth-order valence-corrected chi connectivity index (χ4v) is 3.65. The fraction of sp³-hybridized carbons (Fsp3) is 0.208. The lowest BCUT2D eigenvalue weighted by Crippen LogP contribution is -2.23. The number of rotatable bonds is 5. The third-order valence-electron chi connectivity index (χ3n) is 5.25. The van der Waals surface area contributed by atoms with Crippen LogP contribution in [-0.4, -0.2) is 22.6 Å². The Bertz CT molecular complexity index is 1130. The molecule has 0 atom stereocenters. The summed E-state index contributed by atoms with van der Waals surface area (Å²) in [5.74, 6) is 0.434. The molecule has 1 aliphatic carbocycles. The van der Waals surface area contributed by atoms with Gasteiger partial charge in [-0.2, -0.15) is 5.10 Å². The van der Waals surface area contributed by atoms with Crippen LogP contribution >= 0.6 is 0 Å². The van der Waals surface area contributed by atoms with Crippen molar-refractivity contribution in [3.8, 4) is 5.75 Å². The van der Waals surface area contributed by atoms with Crippen molar-refractivity contribution in [2.45, 2.75) is 32.7 Å². The van der Waals surface area contributed by atoms with Gasteiger partial charge in [0.1, 0.15) is 11.5 Å². The van der Waals surface area contributed by atoms with E-state index in [9.17, 15) is 14.7 Å². The lowest BCUT2D eigenvalue weighted by molar-refractivity contribution is 0.0919. The number of fused-ring (bicyclic) bond motifs is 1. The SMILES string of the molecule is Cc1c(C(=O)NCc2ccccc2)oc2c1/C(=N/NC(=O)c1ccc(O)cc1)CCC2. The van der Waals surface area contributed by atoms with Gasteiger partial charge in [0.2, 0.25) is 0 Å². The van der Waals surface area contributed by atoms with Crippen LogP contribution < -0.4 is 10.7 Å². The topological polar surface area (TPSA) is 104 Å². The number of carbonyl (C=O) groups is 2. The molecule has 3 aromatic rings. The smallest absolute Gasteiger partial charge is 0.287 e. The molecule has 7 nitrogen and oxygen atoms in total. The molecule has 1 heterocycles. The summed E-state index contributed by atoms with van der Waals surface area (Å²) in [4.78, 5) is 25.0. The molecule has 0 unspecified atom stereocenters. The number of aromatic hydroxyl groups is 1. The van der Waals surface area contributed by atoms with Crippen molar-refractivity contribution in [3.05, 3.63) is 88.4 Å². The zero-order valence-corrected chi connectivity index (χ0v) is 17.1. The molecule has 0 aliphatic heterocycles. The molecule has 0 radical (unpaired) electrons. The van der Waals surface area contributed by atoms with Gasteiger partial charge in [-0.05, 0) is 49.6 Å². The number of benzene rings is 2. The van der Waals surface area contributed by atoms with Crippen LogP contribution in [-0.2, 0) is 13.0 Å². The van der Waals surface area contributed by atoms with Gasteiger partial charge in [0.15, 0.2) is 5.76 Å². The molecule has 4 rings (SSSR count). The molecule has 0 bridgehead atoms. The van der Waals surface area contributed by atoms with E-state index in [1.807, 2.05) is 37.3 Å². The van der Waals surface area contributed by atoms with E-state index >= 15 is 0 Å². The summed E-state index contributed by atoms with van der Waals surface area (Å²) in [7, 11) is 0. The number of phenols is 1. The summed E-state index contributed by atoms with van der Waals surface area (Å²) in [6, 6.07) is 15.6. The standard InChI is InChI=1S/C24H23N3O4/c1-15-21-19(26-27-23(29)17-10-12-18(28)13-11-17)8-5-9-20(21)31-22(15)24(30)25-14-16-6-3-2-4-7-16/h2-4,6-7,10-13,28H,5,8-9,14H2,1H3,(H,25,30)(H,27,29)/b26-19+. The zero-order chi connectivity index (χ0) is 21.8. The van der Waals surface area contributed by atoms with Gasteiger partial charge < -0.3 is 14.8 Å². The number of nitrogens with zero attached hydrogens (tertiary/aromatic N) is 1. The van der Waals surface area contributed by atoms with E-state index in [0.29, 0.717) is 36.4 Å². The summed E-state index contributed by atoms with van der Waals surface area (Å²) in [6.07, 6.45) is 2.21. The van der Waals surface area contributed by atoms with E-state index in [4.69, 9.17) is 4.42 Å². The van der Waals surface area contributed by atoms with Crippen LogP contribution in [0.1, 0.15) is 56.2 Å². The number of hydrazone groups is 1. The Morgan fingerprint density at radius 2 is 1.77 bits per heavy atom. The minimum atomic E-state index is -0.374. The summed E-state index contributed by atoms with van der Waals surface area (Å²) >= 11 is 0. The summed E-state index contributed by atoms with van der Waals surface area (Å²) in [5.41, 5.74) is 6.17. The normalized spacial score (nSPS) is 14.2. The van der Waals surface area contributed by atoms with Crippen LogP contribution in [0, 0.1) is 6.92 Å². The van der Waals surface area contributed by atoms with Crippen molar-refractivity contribution in [3.63, 3.8) is 0 Å². The fourth-order valence-electron chi connectivity index (χ4n) is 3.65. The average Bonchev–Trinajstić information content (AvgIpc) is 3.14. The summed E-state index contributed by atoms with van der Waals surface area (Å²) < 4.78 is 5.89. The summed E-state index contributed by atoms with van der Waals surface area (Å²) in [5, 5.41) is 16.6. The zero-order valence-electron chi connectivity index (χ0n) is 17.1. The Morgan fingerprint density at radius 1 is 1.03 bits per heavy atom. The monoisotopic (exact) mass is 417 g/mol. The number of hydrogen-bond acceptors (Lipinski definition) is 5. The average molecular weight is 417 g/mol. The number of furan rings is 1. The van der Waals surface area contributed by atoms with Crippen LogP contribution in [0.3, 0.4) is 0 Å². The van der Waals surface area contributed by atoms with E-state index in [0.717, 1.165) is 23.1 Å². The lowest BCUT2D eigenvalue weighted by Gasteiger charge is -2.13. The van der Waals surface area contributed by atoms with Gasteiger partial charge in [-0.25, -0.2) is 5.43 Å². The Morgan fingerprint density at radius 3 is 2.52 bits per heavy atom. The maximum atomic E-state index is 12.7. The van der Waals surface area contributed by atoms with Crippen molar-refractivity contribution < 1.29 is 19.1 Å². The molecular weight excluding hydrogens is 394 g/mol. The van der Waals surface area contributed by atoms with E-state index in [1.165, 1.54) is 24.3 Å². The van der Waals surface area contributed by atoms with Gasteiger partial charge in [-0.1, -0.05) is 30.3 Å². The van der Waals surface area contributed by atoms with E-state index < -0.39 is 0 Å². The predicted octanol–water partition coefficient (Wildman–Crippen LogP) is 3.69. The highest BCUT2D eigenvalue weighted by atomic mass is 16.4. The molecule has 2 amide bonds. The van der Waals surface area contributed by atoms with Gasteiger partial charge >= 0.3 is 0 Å². The number of aryl methyl sites for hydroxylation is 1. The van der Waals surface area contributed by atoms with E-state index in [2.05, 4.69) is 15.8 Å². The Balaban J connectivity index is 1.51. The molecule has 31 heavy (non-hydrogen) atoms. The molecule has 1 aliphatic rings. The molecule has 0 saturated heterocycles. The van der Waals surface area contributed by atoms with Crippen LogP contribution in [0.15, 0.2) is 64.1 Å². The third-order valence-corrected chi connectivity index (χ3v) is 5.25. The highest BCUT2D eigenvalue weighted by Gasteiger charge is 2.28. The van der Waals surface area contributed by atoms with Crippen molar-refractivity contribution in [2.75, 3.05) is 0 Å². The van der Waals surface area contributed by atoms with Crippen LogP contribution in [0.2, 0.25) is 0 Å². The minimum absolute atomic E-state index is 0.0897. The van der Waals surface area contributed by atoms with Crippen molar-refractivity contribution in [1.29, 1.82) is 0 Å². The Labute approximate surface area is 179 Å². The molecular formula is C24H23N3O4. The first-order valence-corrected chi connectivity index (χ1v) is 10.1. The number of phenolic OH excluding ortho intramolecular Hbond substituents is 1. The van der Waals surface area contributed by atoms with Gasteiger partial charge in [-0.15, -0.1) is 0 Å². The van der Waals surface area contributed by atoms with Gasteiger partial charge in [-0.3, -0.25) is 9.59 Å².